The molecular weight excluding hydrogens is 379 g/mol. The monoisotopic (exact) mass is 410 g/mol. The number of unbranched alkanes of at least 4 members (excludes halogenated alkanes) is 3. The average molecular weight is 410 g/mol. The summed E-state index contributed by atoms with van der Waals surface area (Å²) >= 11 is -2.25. The zero-order valence-electron chi connectivity index (χ0n) is 11.3. The zero-order valence-corrected chi connectivity index (χ0v) is 15.2. The molecule has 0 aromatic rings. The Kier molecular flexibility index (Phi) is 10.7. The van der Waals surface area contributed by atoms with Crippen LogP contribution in [-0.2, 0) is 2.69 Å². The molecule has 0 bridgehead atoms. The van der Waals surface area contributed by atoms with Gasteiger partial charge in [-0.3, -0.25) is 0 Å². The number of hydrogen-bond donors (Lipinski definition) is 0. The van der Waals surface area contributed by atoms with Crippen LogP contribution in [0.5, 0.6) is 0 Å². The minimum atomic E-state index is -2.25. The molecule has 0 unspecified atom stereocenters. The van der Waals surface area contributed by atoms with Gasteiger partial charge in [-0.05, 0) is 0 Å². The van der Waals surface area contributed by atoms with Gasteiger partial charge in [0.05, 0.1) is 0 Å². The molecule has 15 heavy (non-hydrogen) atoms. The van der Waals surface area contributed by atoms with E-state index in [1.54, 1.807) is 0 Å². The van der Waals surface area contributed by atoms with Gasteiger partial charge in [0.15, 0.2) is 0 Å². The van der Waals surface area contributed by atoms with Gasteiger partial charge in [-0.15, -0.1) is 0 Å². The Hall–Kier alpha value is 0.882. The fraction of sp³-hybridized carbons (Fsp3) is 1.00. The van der Waals surface area contributed by atoms with Crippen molar-refractivity contribution >= 4 is 21.6 Å². The molecule has 0 N–H and O–H groups in total. The van der Waals surface area contributed by atoms with Crippen LogP contribution in [0.3, 0.4) is 0 Å². The van der Waals surface area contributed by atoms with Crippen molar-refractivity contribution < 1.29 is 2.69 Å². The van der Waals surface area contributed by atoms with Crippen LogP contribution in [0.4, 0.5) is 0 Å². The van der Waals surface area contributed by atoms with Crippen molar-refractivity contribution in [3.63, 3.8) is 0 Å². The Morgan fingerprint density at radius 1 is 0.733 bits per heavy atom. The average Bonchev–Trinajstić information content (AvgIpc) is 2.29. The van der Waals surface area contributed by atoms with Crippen molar-refractivity contribution in [3.05, 3.63) is 0 Å². The van der Waals surface area contributed by atoms with E-state index in [1.807, 2.05) is 7.11 Å². The van der Waals surface area contributed by atoms with Crippen LogP contribution in [0, 0.1) is 0 Å². The van der Waals surface area contributed by atoms with Crippen LogP contribution < -0.4 is 0 Å². The van der Waals surface area contributed by atoms with E-state index in [1.165, 1.54) is 50.5 Å². The summed E-state index contributed by atoms with van der Waals surface area (Å²) in [6.07, 6.45) is 8.23. The van der Waals surface area contributed by atoms with Crippen LogP contribution in [0.1, 0.15) is 59.3 Å². The van der Waals surface area contributed by atoms with Crippen LogP contribution in [-0.4, -0.2) is 28.7 Å². The van der Waals surface area contributed by atoms with Crippen molar-refractivity contribution in [1.29, 1.82) is 0 Å². The van der Waals surface area contributed by atoms with E-state index in [4.69, 9.17) is 2.69 Å². The van der Waals surface area contributed by atoms with Gasteiger partial charge in [0.2, 0.25) is 0 Å². The van der Waals surface area contributed by atoms with Crippen LogP contribution >= 0.6 is 0 Å². The van der Waals surface area contributed by atoms with Crippen LogP contribution in [0.25, 0.3) is 0 Å². The molecule has 0 rings (SSSR count). The Morgan fingerprint density at radius 3 is 1.27 bits per heavy atom. The van der Waals surface area contributed by atoms with Crippen molar-refractivity contribution in [3.8, 4) is 0 Å². The first kappa shape index (κ1) is 15.9. The molecule has 2 heteroatoms. The molecule has 0 spiro atoms. The second-order valence-electron chi connectivity index (χ2n) is 4.70. The summed E-state index contributed by atoms with van der Waals surface area (Å²) in [6.45, 7) is 6.90. The van der Waals surface area contributed by atoms with Gasteiger partial charge in [-0.1, -0.05) is 0 Å². The predicted octanol–water partition coefficient (Wildman–Crippen LogP) is 4.98. The quantitative estimate of drug-likeness (QED) is 0.463. The third kappa shape index (κ3) is 6.93. The fourth-order valence-electron chi connectivity index (χ4n) is 2.18. The summed E-state index contributed by atoms with van der Waals surface area (Å²) in [7, 11) is 2.00. The first-order valence-corrected chi connectivity index (χ1v) is 16.6. The molecule has 0 aromatic heterocycles. The maximum atomic E-state index is 6.07. The number of rotatable bonds is 10. The molecule has 0 saturated heterocycles. The topological polar surface area (TPSA) is 9.23 Å². The molecule has 0 aliphatic rings. The van der Waals surface area contributed by atoms with Gasteiger partial charge in [-0.2, -0.15) is 0 Å². The fourth-order valence-corrected chi connectivity index (χ4v) is 19.1. The maximum absolute atomic E-state index is 6.07. The van der Waals surface area contributed by atoms with Crippen molar-refractivity contribution in [2.45, 2.75) is 71.2 Å². The summed E-state index contributed by atoms with van der Waals surface area (Å²) < 4.78 is 10.5. The van der Waals surface area contributed by atoms with E-state index >= 15 is 0 Å². The van der Waals surface area contributed by atoms with Crippen LogP contribution in [0.2, 0.25) is 11.9 Å². The van der Waals surface area contributed by atoms with Gasteiger partial charge in [0.25, 0.3) is 0 Å². The SMILES string of the molecule is CCC[CH2][Pb]([CH2]CCC)([CH2]CCC)[O]C. The molecule has 0 saturated carbocycles. The molecule has 92 valence electrons. The van der Waals surface area contributed by atoms with E-state index in [0.717, 1.165) is 0 Å². The molecular formula is C13H30OPb. The van der Waals surface area contributed by atoms with Gasteiger partial charge in [-0.25, -0.2) is 0 Å². The van der Waals surface area contributed by atoms with E-state index in [9.17, 15) is 0 Å². The molecule has 1 nitrogen and oxygen atoms in total. The molecule has 0 atom stereocenters. The van der Waals surface area contributed by atoms with Crippen molar-refractivity contribution in [1.82, 2.24) is 0 Å². The van der Waals surface area contributed by atoms with Gasteiger partial charge in [0, 0.05) is 0 Å². The van der Waals surface area contributed by atoms with Gasteiger partial charge in [0.1, 0.15) is 0 Å². The molecule has 0 radical (unpaired) electrons. The normalized spacial score (nSPS) is 12.0. The summed E-state index contributed by atoms with van der Waals surface area (Å²) in [5.41, 5.74) is 0. The summed E-state index contributed by atoms with van der Waals surface area (Å²) in [6, 6.07) is 0. The molecule has 0 fully saturated rings. The second kappa shape index (κ2) is 10.1. The molecule has 0 aliphatic carbocycles. The van der Waals surface area contributed by atoms with Gasteiger partial charge >= 0.3 is 103 Å². The first-order valence-electron chi connectivity index (χ1n) is 6.79. The summed E-state index contributed by atoms with van der Waals surface area (Å²) in [4.78, 5) is 0. The van der Waals surface area contributed by atoms with Crippen molar-refractivity contribution in [2.24, 2.45) is 0 Å². The Bertz CT molecular complexity index is 115. The molecule has 0 heterocycles. The second-order valence-corrected chi connectivity index (χ2v) is 21.3. The Labute approximate surface area is 102 Å². The van der Waals surface area contributed by atoms with E-state index in [0.29, 0.717) is 0 Å². The van der Waals surface area contributed by atoms with E-state index < -0.39 is 21.6 Å². The third-order valence-electron chi connectivity index (χ3n) is 3.39. The van der Waals surface area contributed by atoms with Crippen molar-refractivity contribution in [2.75, 3.05) is 7.11 Å². The first-order chi connectivity index (χ1) is 7.24. The molecule has 0 aliphatic heterocycles. The van der Waals surface area contributed by atoms with Gasteiger partial charge < -0.3 is 0 Å². The standard InChI is InChI=1S/3C4H9.CH3O.Pb/c3*1-3-4-2;1-2;/h3*1,3-4H2,2H3;1H3;/q;;;-1;+1. The predicted molar refractivity (Wildman–Crippen MR) is 71.9 cm³/mol. The van der Waals surface area contributed by atoms with Crippen LogP contribution in [0.15, 0.2) is 0 Å². The molecule has 0 amide bonds. The third-order valence-corrected chi connectivity index (χ3v) is 21.5. The summed E-state index contributed by atoms with van der Waals surface area (Å²) in [5, 5.41) is 0. The molecule has 0 aromatic carbocycles. The summed E-state index contributed by atoms with van der Waals surface area (Å²) in [5.74, 6) is 0. The Balaban J connectivity index is 4.16. The van der Waals surface area contributed by atoms with E-state index in [-0.39, 0.29) is 0 Å². The number of hydrogen-bond acceptors (Lipinski definition) is 1. The Morgan fingerprint density at radius 2 is 1.07 bits per heavy atom. The van der Waals surface area contributed by atoms with E-state index in [2.05, 4.69) is 20.8 Å². The zero-order chi connectivity index (χ0) is 11.6. The minimum absolute atomic E-state index is 1.34.